The smallest absolute Gasteiger partial charge is 0.295 e. The summed E-state index contributed by atoms with van der Waals surface area (Å²) in [5.41, 5.74) is 8.02. The Hall–Kier alpha value is -1.71. The predicted molar refractivity (Wildman–Crippen MR) is 78.1 cm³/mol. The van der Waals surface area contributed by atoms with Crippen molar-refractivity contribution in [2.45, 2.75) is 38.5 Å². The molecule has 0 bridgehead atoms. The van der Waals surface area contributed by atoms with Gasteiger partial charge in [0.15, 0.2) is 5.58 Å². The third-order valence-corrected chi connectivity index (χ3v) is 3.95. The van der Waals surface area contributed by atoms with Crippen molar-refractivity contribution in [3.8, 4) is 0 Å². The van der Waals surface area contributed by atoms with Gasteiger partial charge in [0.1, 0.15) is 5.52 Å². The van der Waals surface area contributed by atoms with Crippen LogP contribution in [0.1, 0.15) is 38.5 Å². The molecule has 0 atom stereocenters. The normalized spacial score (nSPS) is 16.2. The fourth-order valence-electron chi connectivity index (χ4n) is 2.90. The molecular weight excluding hydrogens is 238 g/mol. The number of benzene rings is 1. The Labute approximate surface area is 113 Å². The fraction of sp³-hybridized carbons (Fsp3) is 0.533. The molecule has 19 heavy (non-hydrogen) atoms. The zero-order chi connectivity index (χ0) is 13.1. The van der Waals surface area contributed by atoms with E-state index in [1.807, 2.05) is 18.2 Å². The van der Waals surface area contributed by atoms with Crippen LogP contribution in [0.2, 0.25) is 0 Å². The Morgan fingerprint density at radius 2 is 2.16 bits per heavy atom. The number of aromatic nitrogens is 1. The number of anilines is 2. The second-order valence-corrected chi connectivity index (χ2v) is 5.47. The van der Waals surface area contributed by atoms with Crippen LogP contribution < -0.4 is 11.1 Å². The minimum absolute atomic E-state index is 0.604. The number of nitrogens with two attached hydrogens (primary N) is 1. The molecular formula is C15H21N3O. The molecule has 1 aromatic heterocycles. The molecule has 0 amide bonds. The van der Waals surface area contributed by atoms with Crippen LogP contribution in [0.25, 0.3) is 11.1 Å². The summed E-state index contributed by atoms with van der Waals surface area (Å²) in [4.78, 5) is 4.39. The molecule has 0 radical (unpaired) electrons. The van der Waals surface area contributed by atoms with E-state index in [0.717, 1.165) is 23.6 Å². The molecule has 4 heteroatoms. The highest BCUT2D eigenvalue weighted by Gasteiger charge is 2.14. The van der Waals surface area contributed by atoms with Gasteiger partial charge in [-0.15, -0.1) is 0 Å². The second-order valence-electron chi connectivity index (χ2n) is 5.47. The number of oxazole rings is 1. The van der Waals surface area contributed by atoms with Gasteiger partial charge in [-0.05, 0) is 30.9 Å². The standard InChI is InChI=1S/C15H21N3O/c16-12-7-8-13-14(10-12)19-15(18-13)17-9-3-6-11-4-1-2-5-11/h7-8,10-11H,1-6,9,16H2,(H,17,18). The average molecular weight is 259 g/mol. The topological polar surface area (TPSA) is 64.1 Å². The van der Waals surface area contributed by atoms with Gasteiger partial charge < -0.3 is 15.5 Å². The average Bonchev–Trinajstić information content (AvgIpc) is 3.02. The number of hydrogen-bond donors (Lipinski definition) is 2. The van der Waals surface area contributed by atoms with Crippen LogP contribution >= 0.6 is 0 Å². The molecule has 102 valence electrons. The number of rotatable bonds is 5. The van der Waals surface area contributed by atoms with E-state index in [4.69, 9.17) is 10.2 Å². The molecule has 1 aromatic carbocycles. The maximum absolute atomic E-state index is 5.72. The van der Waals surface area contributed by atoms with Gasteiger partial charge in [-0.3, -0.25) is 0 Å². The molecule has 1 aliphatic carbocycles. The van der Waals surface area contributed by atoms with E-state index in [-0.39, 0.29) is 0 Å². The van der Waals surface area contributed by atoms with Gasteiger partial charge in [-0.2, -0.15) is 4.98 Å². The lowest BCUT2D eigenvalue weighted by Gasteiger charge is -2.07. The first kappa shape index (κ1) is 12.3. The van der Waals surface area contributed by atoms with Crippen molar-refractivity contribution in [3.63, 3.8) is 0 Å². The van der Waals surface area contributed by atoms with Gasteiger partial charge in [0.2, 0.25) is 0 Å². The largest absolute Gasteiger partial charge is 0.423 e. The van der Waals surface area contributed by atoms with Gasteiger partial charge >= 0.3 is 0 Å². The Morgan fingerprint density at radius 3 is 3.00 bits per heavy atom. The van der Waals surface area contributed by atoms with Gasteiger partial charge in [0.25, 0.3) is 6.01 Å². The van der Waals surface area contributed by atoms with Gasteiger partial charge in [-0.1, -0.05) is 25.7 Å². The molecule has 3 N–H and O–H groups in total. The van der Waals surface area contributed by atoms with Crippen LogP contribution in [0.4, 0.5) is 11.7 Å². The zero-order valence-electron chi connectivity index (χ0n) is 11.2. The molecule has 4 nitrogen and oxygen atoms in total. The lowest BCUT2D eigenvalue weighted by molar-refractivity contribution is 0.489. The summed E-state index contributed by atoms with van der Waals surface area (Å²) in [6, 6.07) is 6.14. The van der Waals surface area contributed by atoms with Gasteiger partial charge in [0, 0.05) is 18.3 Å². The molecule has 0 saturated heterocycles. The van der Waals surface area contributed by atoms with Gasteiger partial charge in [0.05, 0.1) is 0 Å². The maximum atomic E-state index is 5.72. The Balaban J connectivity index is 1.50. The van der Waals surface area contributed by atoms with Crippen molar-refractivity contribution >= 4 is 22.8 Å². The summed E-state index contributed by atoms with van der Waals surface area (Å²) in [6.45, 7) is 0.929. The van der Waals surface area contributed by atoms with E-state index in [0.29, 0.717) is 11.7 Å². The number of fused-ring (bicyclic) bond motifs is 1. The summed E-state index contributed by atoms with van der Waals surface area (Å²) in [5, 5.41) is 3.26. The van der Waals surface area contributed by atoms with E-state index in [9.17, 15) is 0 Å². The van der Waals surface area contributed by atoms with Crippen molar-refractivity contribution in [2.75, 3.05) is 17.6 Å². The first-order chi connectivity index (χ1) is 9.31. The van der Waals surface area contributed by atoms with E-state index >= 15 is 0 Å². The van der Waals surface area contributed by atoms with Crippen LogP contribution in [0.5, 0.6) is 0 Å². The number of nitrogens with one attached hydrogen (secondary N) is 1. The third kappa shape index (κ3) is 3.00. The maximum Gasteiger partial charge on any atom is 0.295 e. The van der Waals surface area contributed by atoms with E-state index in [1.54, 1.807) is 0 Å². The highest BCUT2D eigenvalue weighted by molar-refractivity contribution is 5.77. The van der Waals surface area contributed by atoms with Crippen molar-refractivity contribution in [1.82, 2.24) is 4.98 Å². The number of nitrogen functional groups attached to an aromatic ring is 1. The van der Waals surface area contributed by atoms with Crippen molar-refractivity contribution in [3.05, 3.63) is 18.2 Å². The lowest BCUT2D eigenvalue weighted by Crippen LogP contribution is -2.04. The van der Waals surface area contributed by atoms with Gasteiger partial charge in [-0.25, -0.2) is 0 Å². The summed E-state index contributed by atoms with van der Waals surface area (Å²) >= 11 is 0. The molecule has 0 unspecified atom stereocenters. The van der Waals surface area contributed by atoms with E-state index in [1.165, 1.54) is 38.5 Å². The monoisotopic (exact) mass is 259 g/mol. The molecule has 0 aliphatic heterocycles. The Kier molecular flexibility index (Phi) is 3.58. The second kappa shape index (κ2) is 5.51. The van der Waals surface area contributed by atoms with Crippen LogP contribution in [-0.2, 0) is 0 Å². The molecule has 0 spiro atoms. The fourth-order valence-corrected chi connectivity index (χ4v) is 2.90. The van der Waals surface area contributed by atoms with Crippen LogP contribution in [0, 0.1) is 5.92 Å². The molecule has 1 heterocycles. The summed E-state index contributed by atoms with van der Waals surface area (Å²) in [7, 11) is 0. The summed E-state index contributed by atoms with van der Waals surface area (Å²) in [5.74, 6) is 0.949. The number of nitrogens with zero attached hydrogens (tertiary/aromatic N) is 1. The highest BCUT2D eigenvalue weighted by Crippen LogP contribution is 2.28. The van der Waals surface area contributed by atoms with Crippen molar-refractivity contribution in [2.24, 2.45) is 5.92 Å². The Bertz CT molecular complexity index is 543. The molecule has 3 rings (SSSR count). The quantitative estimate of drug-likeness (QED) is 0.633. The lowest BCUT2D eigenvalue weighted by atomic mass is 10.0. The minimum atomic E-state index is 0.604. The summed E-state index contributed by atoms with van der Waals surface area (Å²) in [6.07, 6.45) is 8.19. The number of hydrogen-bond acceptors (Lipinski definition) is 4. The molecule has 1 aliphatic rings. The molecule has 1 saturated carbocycles. The zero-order valence-corrected chi connectivity index (χ0v) is 11.2. The van der Waals surface area contributed by atoms with E-state index < -0.39 is 0 Å². The summed E-state index contributed by atoms with van der Waals surface area (Å²) < 4.78 is 5.62. The Morgan fingerprint density at radius 1 is 1.32 bits per heavy atom. The first-order valence-electron chi connectivity index (χ1n) is 7.21. The van der Waals surface area contributed by atoms with Crippen molar-refractivity contribution < 1.29 is 4.42 Å². The van der Waals surface area contributed by atoms with Crippen molar-refractivity contribution in [1.29, 1.82) is 0 Å². The van der Waals surface area contributed by atoms with Crippen LogP contribution in [0.3, 0.4) is 0 Å². The predicted octanol–water partition coefficient (Wildman–Crippen LogP) is 3.79. The third-order valence-electron chi connectivity index (χ3n) is 3.95. The molecule has 2 aromatic rings. The highest BCUT2D eigenvalue weighted by atomic mass is 16.4. The minimum Gasteiger partial charge on any atom is -0.423 e. The van der Waals surface area contributed by atoms with Crippen LogP contribution in [0.15, 0.2) is 22.6 Å². The first-order valence-corrected chi connectivity index (χ1v) is 7.21. The SMILES string of the molecule is Nc1ccc2nc(NCCCC3CCCC3)oc2c1. The van der Waals surface area contributed by atoms with Crippen LogP contribution in [-0.4, -0.2) is 11.5 Å². The molecule has 1 fully saturated rings. The van der Waals surface area contributed by atoms with E-state index in [2.05, 4.69) is 10.3 Å².